The third kappa shape index (κ3) is 4.71. The van der Waals surface area contributed by atoms with Gasteiger partial charge in [0, 0.05) is 9.90 Å². The van der Waals surface area contributed by atoms with E-state index in [-0.39, 0.29) is 5.56 Å². The van der Waals surface area contributed by atoms with Gasteiger partial charge in [-0.3, -0.25) is 10.1 Å². The number of hydrogen-bond acceptors (Lipinski definition) is 4. The smallest absolute Gasteiger partial charge is 0.412 e. The zero-order chi connectivity index (χ0) is 17.2. The normalized spacial score (nSPS) is 11.1. The molecule has 2 amide bonds. The maximum Gasteiger partial charge on any atom is 0.412 e. The van der Waals surface area contributed by atoms with Crippen molar-refractivity contribution in [1.29, 1.82) is 0 Å². The Hall–Kier alpha value is -2.05. The fraction of sp³-hybridized carbons (Fsp3) is 0.250. The molecule has 2 aromatic rings. The summed E-state index contributed by atoms with van der Waals surface area (Å²) in [6.45, 7) is 5.27. The highest BCUT2D eigenvalue weighted by Crippen LogP contribution is 2.36. The second-order valence-corrected chi connectivity index (χ2v) is 7.34. The molecule has 3 N–H and O–H groups in total. The van der Waals surface area contributed by atoms with Crippen LogP contribution in [0, 0.1) is 0 Å². The Morgan fingerprint density at radius 1 is 1.26 bits per heavy atom. The molecule has 0 saturated carbocycles. The van der Waals surface area contributed by atoms with Crippen LogP contribution in [0.15, 0.2) is 30.3 Å². The number of ether oxygens (including phenoxy) is 1. The van der Waals surface area contributed by atoms with Gasteiger partial charge in [-0.2, -0.15) is 0 Å². The van der Waals surface area contributed by atoms with Crippen LogP contribution in [0.2, 0.25) is 5.02 Å². The first-order valence-corrected chi connectivity index (χ1v) is 8.05. The summed E-state index contributed by atoms with van der Waals surface area (Å²) in [5.74, 6) is -0.624. The summed E-state index contributed by atoms with van der Waals surface area (Å²) in [7, 11) is 0. The second kappa shape index (κ2) is 6.60. The molecule has 0 radical (unpaired) electrons. The molecule has 0 atom stereocenters. The Morgan fingerprint density at radius 2 is 1.96 bits per heavy atom. The molecule has 1 aromatic carbocycles. The van der Waals surface area contributed by atoms with Gasteiger partial charge >= 0.3 is 6.09 Å². The maximum atomic E-state index is 11.9. The summed E-state index contributed by atoms with van der Waals surface area (Å²) in [6, 6.07) is 8.83. The van der Waals surface area contributed by atoms with Crippen molar-refractivity contribution in [2.45, 2.75) is 26.4 Å². The number of benzene rings is 1. The molecule has 0 bridgehead atoms. The average Bonchev–Trinajstić information content (AvgIpc) is 2.80. The predicted octanol–water partition coefficient (Wildman–Crippen LogP) is 4.51. The van der Waals surface area contributed by atoms with Crippen molar-refractivity contribution in [2.24, 2.45) is 5.73 Å². The summed E-state index contributed by atoms with van der Waals surface area (Å²) in [5, 5.41) is 3.51. The Morgan fingerprint density at radius 3 is 2.52 bits per heavy atom. The molecule has 0 spiro atoms. The molecular weight excluding hydrogens is 336 g/mol. The quantitative estimate of drug-likeness (QED) is 0.852. The number of nitrogens with two attached hydrogens (primary N) is 1. The van der Waals surface area contributed by atoms with Gasteiger partial charge in [-0.1, -0.05) is 23.7 Å². The molecular formula is C16H17ClN2O3S. The molecule has 122 valence electrons. The number of anilines is 1. The van der Waals surface area contributed by atoms with Gasteiger partial charge < -0.3 is 10.5 Å². The van der Waals surface area contributed by atoms with E-state index in [1.54, 1.807) is 39.0 Å². The lowest BCUT2D eigenvalue weighted by molar-refractivity contribution is 0.0636. The van der Waals surface area contributed by atoms with Crippen molar-refractivity contribution in [2.75, 3.05) is 5.32 Å². The first-order valence-electron chi connectivity index (χ1n) is 6.85. The Bertz CT molecular complexity index is 750. The van der Waals surface area contributed by atoms with Crippen LogP contribution >= 0.6 is 22.9 Å². The van der Waals surface area contributed by atoms with Crippen molar-refractivity contribution < 1.29 is 14.3 Å². The SMILES string of the molecule is CC(C)(C)OC(=O)Nc1sc(-c2cccc(Cl)c2)cc1C(N)=O. The van der Waals surface area contributed by atoms with Crippen LogP contribution < -0.4 is 11.1 Å². The summed E-state index contributed by atoms with van der Waals surface area (Å²) in [6.07, 6.45) is -0.639. The van der Waals surface area contributed by atoms with Crippen molar-refractivity contribution in [3.8, 4) is 10.4 Å². The van der Waals surface area contributed by atoms with E-state index in [9.17, 15) is 9.59 Å². The van der Waals surface area contributed by atoms with Gasteiger partial charge in [-0.15, -0.1) is 11.3 Å². The number of carbonyl (C=O) groups is 2. The minimum Gasteiger partial charge on any atom is -0.444 e. The van der Waals surface area contributed by atoms with Crippen molar-refractivity contribution in [3.63, 3.8) is 0 Å². The third-order valence-electron chi connectivity index (χ3n) is 2.72. The first kappa shape index (κ1) is 17.3. The van der Waals surface area contributed by atoms with Crippen molar-refractivity contribution >= 4 is 39.9 Å². The third-order valence-corrected chi connectivity index (χ3v) is 4.06. The van der Waals surface area contributed by atoms with Crippen LogP contribution in [0.4, 0.5) is 9.80 Å². The number of halogens is 1. The van der Waals surface area contributed by atoms with Gasteiger partial charge in [0.25, 0.3) is 5.91 Å². The number of primary amides is 1. The molecule has 0 aliphatic heterocycles. The molecule has 0 aliphatic carbocycles. The minimum absolute atomic E-state index is 0.232. The highest BCUT2D eigenvalue weighted by molar-refractivity contribution is 7.20. The van der Waals surface area contributed by atoms with E-state index in [0.29, 0.717) is 10.0 Å². The standard InChI is InChI=1S/C16H17ClN2O3S/c1-16(2,3)22-15(21)19-14-11(13(18)20)8-12(23-14)9-5-4-6-10(17)7-9/h4-8H,1-3H3,(H2,18,20)(H,19,21). The van der Waals surface area contributed by atoms with E-state index in [0.717, 1.165) is 10.4 Å². The largest absolute Gasteiger partial charge is 0.444 e. The molecule has 2 rings (SSSR count). The summed E-state index contributed by atoms with van der Waals surface area (Å²) in [5.41, 5.74) is 5.82. The van der Waals surface area contributed by atoms with E-state index in [1.807, 2.05) is 12.1 Å². The van der Waals surface area contributed by atoms with Crippen LogP contribution in [-0.4, -0.2) is 17.6 Å². The zero-order valence-corrected chi connectivity index (χ0v) is 14.5. The number of carbonyl (C=O) groups excluding carboxylic acids is 2. The lowest BCUT2D eigenvalue weighted by Gasteiger charge is -2.19. The van der Waals surface area contributed by atoms with Crippen LogP contribution in [-0.2, 0) is 4.74 Å². The monoisotopic (exact) mass is 352 g/mol. The summed E-state index contributed by atoms with van der Waals surface area (Å²) >= 11 is 7.22. The first-order chi connectivity index (χ1) is 10.7. The van der Waals surface area contributed by atoms with Crippen molar-refractivity contribution in [1.82, 2.24) is 0 Å². The second-order valence-electron chi connectivity index (χ2n) is 5.85. The highest BCUT2D eigenvalue weighted by Gasteiger charge is 2.21. The summed E-state index contributed by atoms with van der Waals surface area (Å²) in [4.78, 5) is 24.3. The highest BCUT2D eigenvalue weighted by atomic mass is 35.5. The van der Waals surface area contributed by atoms with E-state index < -0.39 is 17.6 Å². The number of rotatable bonds is 3. The van der Waals surface area contributed by atoms with Crippen LogP contribution in [0.5, 0.6) is 0 Å². The van der Waals surface area contributed by atoms with Gasteiger partial charge in [0.2, 0.25) is 0 Å². The number of nitrogens with one attached hydrogen (secondary N) is 1. The number of hydrogen-bond donors (Lipinski definition) is 2. The molecule has 5 nitrogen and oxygen atoms in total. The molecule has 0 fully saturated rings. The Labute approximate surface area is 143 Å². The zero-order valence-electron chi connectivity index (χ0n) is 13.0. The Balaban J connectivity index is 2.32. The fourth-order valence-electron chi connectivity index (χ4n) is 1.85. The van der Waals surface area contributed by atoms with Crippen molar-refractivity contribution in [3.05, 3.63) is 40.9 Å². The molecule has 1 aromatic heterocycles. The van der Waals surface area contributed by atoms with Gasteiger partial charge in [0.05, 0.1) is 5.56 Å². The number of amides is 2. The lowest BCUT2D eigenvalue weighted by atomic mass is 10.1. The molecule has 23 heavy (non-hydrogen) atoms. The maximum absolute atomic E-state index is 11.9. The molecule has 1 heterocycles. The fourth-order valence-corrected chi connectivity index (χ4v) is 3.08. The van der Waals surface area contributed by atoms with Gasteiger partial charge in [0.15, 0.2) is 0 Å². The van der Waals surface area contributed by atoms with Crippen LogP contribution in [0.25, 0.3) is 10.4 Å². The number of thiophene rings is 1. The van der Waals surface area contributed by atoms with Gasteiger partial charge in [0.1, 0.15) is 10.6 Å². The van der Waals surface area contributed by atoms with E-state index in [4.69, 9.17) is 22.1 Å². The topological polar surface area (TPSA) is 81.4 Å². The lowest BCUT2D eigenvalue weighted by Crippen LogP contribution is -2.27. The van der Waals surface area contributed by atoms with E-state index in [1.165, 1.54) is 11.3 Å². The van der Waals surface area contributed by atoms with E-state index in [2.05, 4.69) is 5.32 Å². The molecule has 0 unspecified atom stereocenters. The van der Waals surface area contributed by atoms with E-state index >= 15 is 0 Å². The predicted molar refractivity (Wildman–Crippen MR) is 93.1 cm³/mol. The molecule has 7 heteroatoms. The average molecular weight is 353 g/mol. The van der Waals surface area contributed by atoms with Crippen LogP contribution in [0.3, 0.4) is 0 Å². The molecule has 0 saturated heterocycles. The van der Waals surface area contributed by atoms with Gasteiger partial charge in [-0.25, -0.2) is 4.79 Å². The Kier molecular flexibility index (Phi) is 4.97. The summed E-state index contributed by atoms with van der Waals surface area (Å²) < 4.78 is 5.19. The minimum atomic E-state index is -0.639. The van der Waals surface area contributed by atoms with Crippen LogP contribution in [0.1, 0.15) is 31.1 Å². The van der Waals surface area contributed by atoms with Gasteiger partial charge in [-0.05, 0) is 44.5 Å². The molecule has 0 aliphatic rings.